The van der Waals surface area contributed by atoms with E-state index < -0.39 is 6.04 Å². The minimum atomic E-state index is -0.844. The Balaban J connectivity index is 1.49. The first kappa shape index (κ1) is 25.7. The third kappa shape index (κ3) is 5.71. The molecule has 0 saturated heterocycles. The number of anilines is 1. The van der Waals surface area contributed by atoms with Crippen molar-refractivity contribution in [1.82, 2.24) is 10.2 Å². The number of unbranched alkanes of at least 4 members (excludes halogenated alkanes) is 1. The Kier molecular flexibility index (Phi) is 8.27. The van der Waals surface area contributed by atoms with Crippen LogP contribution in [0.3, 0.4) is 0 Å². The maximum atomic E-state index is 13.3. The lowest BCUT2D eigenvalue weighted by Gasteiger charge is -2.25. The molecule has 0 fully saturated rings. The van der Waals surface area contributed by atoms with Crippen molar-refractivity contribution in [3.05, 3.63) is 53.1 Å². The zero-order valence-electron chi connectivity index (χ0n) is 19.9. The zero-order chi connectivity index (χ0) is 25.7. The summed E-state index contributed by atoms with van der Waals surface area (Å²) in [6, 6.07) is 11.4. The molecular formula is C25H26ClN5O4S. The average molecular weight is 528 g/mol. The number of halogens is 1. The molecule has 0 aliphatic carbocycles. The molecule has 0 spiro atoms. The van der Waals surface area contributed by atoms with E-state index in [1.807, 2.05) is 31.2 Å². The van der Waals surface area contributed by atoms with Crippen molar-refractivity contribution in [2.75, 3.05) is 24.7 Å². The van der Waals surface area contributed by atoms with Crippen LogP contribution in [0.15, 0.2) is 52.4 Å². The first-order valence-electron chi connectivity index (χ1n) is 11.5. The van der Waals surface area contributed by atoms with E-state index in [9.17, 15) is 14.4 Å². The number of amides is 3. The van der Waals surface area contributed by atoms with E-state index in [1.54, 1.807) is 18.2 Å². The number of ether oxygens (including phenoxy) is 1. The summed E-state index contributed by atoms with van der Waals surface area (Å²) in [5.74, 6) is 0.0190. The predicted molar refractivity (Wildman–Crippen MR) is 142 cm³/mol. The molecule has 0 bridgehead atoms. The first-order valence-corrected chi connectivity index (χ1v) is 12.9. The number of carbonyl (C=O) groups is 3. The van der Waals surface area contributed by atoms with Gasteiger partial charge in [0.2, 0.25) is 11.8 Å². The number of rotatable bonds is 9. The minimum absolute atomic E-state index is 0.0180. The molecule has 2 N–H and O–H groups in total. The summed E-state index contributed by atoms with van der Waals surface area (Å²) in [4.78, 5) is 49.0. The van der Waals surface area contributed by atoms with Crippen LogP contribution in [0.4, 0.5) is 11.4 Å². The Bertz CT molecular complexity index is 1250. The molecule has 2 aromatic rings. The van der Waals surface area contributed by atoms with Crippen LogP contribution in [0.25, 0.3) is 0 Å². The molecule has 188 valence electrons. The third-order valence-electron chi connectivity index (χ3n) is 5.55. The molecule has 2 aromatic carbocycles. The van der Waals surface area contributed by atoms with Gasteiger partial charge in [-0.3, -0.25) is 19.4 Å². The third-order valence-corrected chi connectivity index (χ3v) is 6.72. The van der Waals surface area contributed by atoms with Gasteiger partial charge in [0.1, 0.15) is 17.6 Å². The molecular weight excluding hydrogens is 502 g/mol. The lowest BCUT2D eigenvalue weighted by atomic mass is 10.1. The summed E-state index contributed by atoms with van der Waals surface area (Å²) >= 11 is 7.16. The maximum absolute atomic E-state index is 13.3. The molecule has 0 radical (unpaired) electrons. The normalized spacial score (nSPS) is 16.0. The Labute approximate surface area is 218 Å². The van der Waals surface area contributed by atoms with Crippen molar-refractivity contribution in [3.8, 4) is 5.75 Å². The van der Waals surface area contributed by atoms with Crippen molar-refractivity contribution in [1.29, 1.82) is 0 Å². The quantitative estimate of drug-likeness (QED) is 0.479. The topological polar surface area (TPSA) is 112 Å². The molecule has 2 aliphatic heterocycles. The van der Waals surface area contributed by atoms with Gasteiger partial charge in [0.25, 0.3) is 5.91 Å². The molecule has 1 unspecified atom stereocenters. The van der Waals surface area contributed by atoms with E-state index in [1.165, 1.54) is 12.0 Å². The fourth-order valence-corrected chi connectivity index (χ4v) is 4.75. The standard InChI is InChI=1S/C25H26ClN5O4S/c1-3-4-11-27-21(32)13-19-24(34)31-23(29-19)16-7-5-6-8-17(16)30-25(31)36-14-22(33)28-18-12-15(26)9-10-20(18)35-2/h5-10,12,19H,3-4,11,13-14H2,1-2H3,(H,27,32)(H,28,33). The van der Waals surface area contributed by atoms with Gasteiger partial charge in [-0.1, -0.05) is 48.8 Å². The van der Waals surface area contributed by atoms with E-state index in [2.05, 4.69) is 20.6 Å². The number of nitrogens with one attached hydrogen (secondary N) is 2. The zero-order valence-corrected chi connectivity index (χ0v) is 21.5. The minimum Gasteiger partial charge on any atom is -0.495 e. The fourth-order valence-electron chi connectivity index (χ4n) is 3.78. The van der Waals surface area contributed by atoms with Gasteiger partial charge in [-0.15, -0.1) is 0 Å². The van der Waals surface area contributed by atoms with E-state index in [0.29, 0.717) is 45.3 Å². The van der Waals surface area contributed by atoms with Crippen LogP contribution < -0.4 is 15.4 Å². The van der Waals surface area contributed by atoms with Gasteiger partial charge >= 0.3 is 0 Å². The molecule has 9 nitrogen and oxygen atoms in total. The number of methoxy groups -OCH3 is 1. The number of benzene rings is 2. The SMILES string of the molecule is CCCCNC(=O)CC1N=C2c3ccccc3N=C(SCC(=O)Nc3cc(Cl)ccc3OC)N2C1=O. The second kappa shape index (κ2) is 11.6. The molecule has 0 aromatic heterocycles. The van der Waals surface area contributed by atoms with E-state index in [0.717, 1.165) is 24.6 Å². The number of carbonyl (C=O) groups excluding carboxylic acids is 3. The number of nitrogens with zero attached hydrogens (tertiary/aromatic N) is 3. The Morgan fingerprint density at radius 2 is 2.00 bits per heavy atom. The molecule has 3 amide bonds. The highest BCUT2D eigenvalue weighted by Gasteiger charge is 2.42. The van der Waals surface area contributed by atoms with Crippen LogP contribution in [0.2, 0.25) is 5.02 Å². The largest absolute Gasteiger partial charge is 0.495 e. The predicted octanol–water partition coefficient (Wildman–Crippen LogP) is 3.99. The van der Waals surface area contributed by atoms with Crippen LogP contribution >= 0.6 is 23.4 Å². The molecule has 1 atom stereocenters. The van der Waals surface area contributed by atoms with Crippen molar-refractivity contribution >= 4 is 63.5 Å². The number of thioether (sulfide) groups is 1. The second-order valence-electron chi connectivity index (χ2n) is 8.14. The Morgan fingerprint density at radius 3 is 2.78 bits per heavy atom. The number of para-hydroxylation sites is 1. The molecule has 36 heavy (non-hydrogen) atoms. The number of fused-ring (bicyclic) bond motifs is 3. The average Bonchev–Trinajstić information content (AvgIpc) is 3.19. The molecule has 2 aliphatic rings. The van der Waals surface area contributed by atoms with Crippen LogP contribution in [0, 0.1) is 0 Å². The smallest absolute Gasteiger partial charge is 0.259 e. The van der Waals surface area contributed by atoms with Crippen LogP contribution in [0.1, 0.15) is 31.7 Å². The van der Waals surface area contributed by atoms with Crippen LogP contribution in [0.5, 0.6) is 5.75 Å². The first-order chi connectivity index (χ1) is 17.4. The van der Waals surface area contributed by atoms with Gasteiger partial charge in [0.15, 0.2) is 5.17 Å². The number of aliphatic imine (C=N–C) groups is 2. The molecule has 2 heterocycles. The summed E-state index contributed by atoms with van der Waals surface area (Å²) in [5, 5.41) is 6.40. The van der Waals surface area contributed by atoms with Gasteiger partial charge in [0, 0.05) is 17.1 Å². The molecule has 0 saturated carbocycles. The Morgan fingerprint density at radius 1 is 1.19 bits per heavy atom. The van der Waals surface area contributed by atoms with Crippen molar-refractivity contribution in [3.63, 3.8) is 0 Å². The summed E-state index contributed by atoms with van der Waals surface area (Å²) in [7, 11) is 1.50. The van der Waals surface area contributed by atoms with Crippen molar-refractivity contribution in [2.45, 2.75) is 32.2 Å². The summed E-state index contributed by atoms with van der Waals surface area (Å²) in [5.41, 5.74) is 1.80. The summed E-state index contributed by atoms with van der Waals surface area (Å²) < 4.78 is 5.27. The number of hydrogen-bond acceptors (Lipinski definition) is 7. The van der Waals surface area contributed by atoms with Gasteiger partial charge in [-0.25, -0.2) is 9.89 Å². The molecule has 4 rings (SSSR count). The highest BCUT2D eigenvalue weighted by Crippen LogP contribution is 2.34. The fraction of sp³-hybridized carbons (Fsp3) is 0.320. The van der Waals surface area contributed by atoms with E-state index >= 15 is 0 Å². The van der Waals surface area contributed by atoms with Gasteiger partial charge in [-0.2, -0.15) is 0 Å². The Hall–Kier alpha value is -3.37. The van der Waals surface area contributed by atoms with Gasteiger partial charge < -0.3 is 15.4 Å². The van der Waals surface area contributed by atoms with Crippen molar-refractivity contribution in [2.24, 2.45) is 9.98 Å². The van der Waals surface area contributed by atoms with Crippen LogP contribution in [-0.2, 0) is 14.4 Å². The summed E-state index contributed by atoms with van der Waals surface area (Å²) in [6.45, 7) is 2.60. The summed E-state index contributed by atoms with van der Waals surface area (Å²) in [6.07, 6.45) is 1.79. The van der Waals surface area contributed by atoms with Gasteiger partial charge in [0.05, 0.1) is 30.7 Å². The van der Waals surface area contributed by atoms with Crippen molar-refractivity contribution < 1.29 is 19.1 Å². The van der Waals surface area contributed by atoms with E-state index in [4.69, 9.17) is 16.3 Å². The second-order valence-corrected chi connectivity index (χ2v) is 9.52. The number of hydrogen-bond donors (Lipinski definition) is 2. The lowest BCUT2D eigenvalue weighted by molar-refractivity contribution is -0.128. The molecule has 11 heteroatoms. The maximum Gasteiger partial charge on any atom is 0.259 e. The highest BCUT2D eigenvalue weighted by atomic mass is 35.5. The van der Waals surface area contributed by atoms with E-state index in [-0.39, 0.29) is 29.9 Å². The monoisotopic (exact) mass is 527 g/mol. The van der Waals surface area contributed by atoms with Crippen LogP contribution in [-0.4, -0.2) is 59.1 Å². The lowest BCUT2D eigenvalue weighted by Crippen LogP contribution is -2.42. The highest BCUT2D eigenvalue weighted by molar-refractivity contribution is 8.14. The van der Waals surface area contributed by atoms with Gasteiger partial charge in [-0.05, 0) is 36.8 Å². The number of amidine groups is 2.